The SMILES string of the molecule is Cc1ccc(C(=O)NCCc2nc3ccccc3n2CCCOc2cc(C)ccc2C(C)C)c(C)c1. The predicted molar refractivity (Wildman–Crippen MR) is 147 cm³/mol. The fraction of sp³-hybridized carbons (Fsp3) is 0.355. The number of rotatable bonds is 10. The van der Waals surface area contributed by atoms with Gasteiger partial charge in [-0.05, 0) is 74.1 Å². The highest BCUT2D eigenvalue weighted by atomic mass is 16.5. The van der Waals surface area contributed by atoms with Crippen LogP contribution < -0.4 is 10.1 Å². The summed E-state index contributed by atoms with van der Waals surface area (Å²) in [6, 6.07) is 20.6. The number of carbonyl (C=O) groups excluding carboxylic acids is 1. The maximum atomic E-state index is 12.7. The highest BCUT2D eigenvalue weighted by molar-refractivity contribution is 5.95. The van der Waals surface area contributed by atoms with Crippen LogP contribution in [0.4, 0.5) is 0 Å². The van der Waals surface area contributed by atoms with Gasteiger partial charge in [0, 0.05) is 25.1 Å². The smallest absolute Gasteiger partial charge is 0.251 e. The fourth-order valence-corrected chi connectivity index (χ4v) is 4.67. The van der Waals surface area contributed by atoms with Crippen molar-refractivity contribution >= 4 is 16.9 Å². The van der Waals surface area contributed by atoms with Crippen molar-refractivity contribution in [3.05, 3.63) is 94.3 Å². The zero-order valence-corrected chi connectivity index (χ0v) is 22.1. The van der Waals surface area contributed by atoms with Crippen molar-refractivity contribution < 1.29 is 9.53 Å². The van der Waals surface area contributed by atoms with E-state index in [1.165, 1.54) is 11.1 Å². The zero-order valence-electron chi connectivity index (χ0n) is 22.1. The van der Waals surface area contributed by atoms with E-state index in [2.05, 4.69) is 54.9 Å². The maximum absolute atomic E-state index is 12.7. The molecule has 1 N–H and O–H groups in total. The molecule has 188 valence electrons. The van der Waals surface area contributed by atoms with E-state index >= 15 is 0 Å². The fourth-order valence-electron chi connectivity index (χ4n) is 4.67. The number of aryl methyl sites for hydroxylation is 4. The Morgan fingerprint density at radius 3 is 2.53 bits per heavy atom. The van der Waals surface area contributed by atoms with Crippen molar-refractivity contribution in [3.63, 3.8) is 0 Å². The molecule has 36 heavy (non-hydrogen) atoms. The Kier molecular flexibility index (Phi) is 8.09. The van der Waals surface area contributed by atoms with Crippen LogP contribution in [-0.4, -0.2) is 28.6 Å². The van der Waals surface area contributed by atoms with E-state index in [4.69, 9.17) is 9.72 Å². The molecular formula is C31H37N3O2. The van der Waals surface area contributed by atoms with Gasteiger partial charge in [0.1, 0.15) is 11.6 Å². The first-order chi connectivity index (χ1) is 17.3. The lowest BCUT2D eigenvalue weighted by molar-refractivity contribution is 0.0953. The summed E-state index contributed by atoms with van der Waals surface area (Å²) in [5.74, 6) is 2.34. The minimum absolute atomic E-state index is 0.0392. The van der Waals surface area contributed by atoms with Gasteiger partial charge in [-0.2, -0.15) is 0 Å². The molecule has 0 aliphatic rings. The topological polar surface area (TPSA) is 56.2 Å². The van der Waals surface area contributed by atoms with Crippen LogP contribution in [0.25, 0.3) is 11.0 Å². The summed E-state index contributed by atoms with van der Waals surface area (Å²) in [4.78, 5) is 17.6. The van der Waals surface area contributed by atoms with E-state index in [0.29, 0.717) is 25.5 Å². The van der Waals surface area contributed by atoms with Crippen molar-refractivity contribution in [2.45, 2.75) is 59.9 Å². The van der Waals surface area contributed by atoms with Gasteiger partial charge in [0.05, 0.1) is 17.6 Å². The monoisotopic (exact) mass is 483 g/mol. The van der Waals surface area contributed by atoms with Crippen LogP contribution in [0, 0.1) is 20.8 Å². The first-order valence-corrected chi connectivity index (χ1v) is 12.9. The van der Waals surface area contributed by atoms with Crippen molar-refractivity contribution in [2.75, 3.05) is 13.2 Å². The number of nitrogens with zero attached hydrogens (tertiary/aromatic N) is 2. The van der Waals surface area contributed by atoms with Crippen molar-refractivity contribution in [1.82, 2.24) is 14.9 Å². The molecule has 0 fully saturated rings. The minimum atomic E-state index is -0.0392. The molecule has 1 heterocycles. The molecule has 0 spiro atoms. The molecule has 4 rings (SSSR count). The number of aromatic nitrogens is 2. The zero-order chi connectivity index (χ0) is 25.7. The van der Waals surface area contributed by atoms with Crippen molar-refractivity contribution in [1.29, 1.82) is 0 Å². The van der Waals surface area contributed by atoms with Crippen LogP contribution in [-0.2, 0) is 13.0 Å². The summed E-state index contributed by atoms with van der Waals surface area (Å²) in [5, 5.41) is 3.07. The number of benzene rings is 3. The molecule has 1 aromatic heterocycles. The van der Waals surface area contributed by atoms with Gasteiger partial charge in [-0.15, -0.1) is 0 Å². The number of ether oxygens (including phenoxy) is 1. The second-order valence-electron chi connectivity index (χ2n) is 9.89. The second-order valence-corrected chi connectivity index (χ2v) is 9.89. The van der Waals surface area contributed by atoms with E-state index in [1.54, 1.807) is 0 Å². The molecule has 0 saturated carbocycles. The number of carbonyl (C=O) groups is 1. The van der Waals surface area contributed by atoms with Gasteiger partial charge in [0.2, 0.25) is 0 Å². The molecule has 1 amide bonds. The molecule has 4 aromatic rings. The number of imidazole rings is 1. The molecule has 0 radical (unpaired) electrons. The first kappa shape index (κ1) is 25.5. The Morgan fingerprint density at radius 2 is 1.75 bits per heavy atom. The lowest BCUT2D eigenvalue weighted by Crippen LogP contribution is -2.27. The Morgan fingerprint density at radius 1 is 1.00 bits per heavy atom. The number of nitrogens with one attached hydrogen (secondary N) is 1. The van der Waals surface area contributed by atoms with Crippen LogP contribution >= 0.6 is 0 Å². The average Bonchev–Trinajstić information content (AvgIpc) is 3.19. The highest BCUT2D eigenvalue weighted by Crippen LogP contribution is 2.27. The third kappa shape index (κ3) is 5.96. The molecule has 0 bridgehead atoms. The molecule has 0 saturated heterocycles. The molecule has 0 aliphatic carbocycles. The summed E-state index contributed by atoms with van der Waals surface area (Å²) < 4.78 is 8.49. The average molecular weight is 484 g/mol. The van der Waals surface area contributed by atoms with Gasteiger partial charge in [0.15, 0.2) is 0 Å². The molecule has 3 aromatic carbocycles. The number of amides is 1. The largest absolute Gasteiger partial charge is 0.493 e. The van der Waals surface area contributed by atoms with Crippen LogP contribution in [0.15, 0.2) is 60.7 Å². The Bertz CT molecular complexity index is 1350. The number of hydrogen-bond acceptors (Lipinski definition) is 3. The standard InChI is InChI=1S/C31H37N3O2/c1-21(2)25-13-11-23(4)20-29(25)36-18-8-17-34-28-10-7-6-9-27(28)33-30(34)15-16-32-31(35)26-14-12-22(3)19-24(26)5/h6-7,9-14,19-21H,8,15-18H2,1-5H3,(H,32,35). The third-order valence-electron chi connectivity index (χ3n) is 6.57. The van der Waals surface area contributed by atoms with E-state index in [9.17, 15) is 4.79 Å². The number of hydrogen-bond donors (Lipinski definition) is 1. The molecule has 0 atom stereocenters. The quantitative estimate of drug-likeness (QED) is 0.261. The summed E-state index contributed by atoms with van der Waals surface area (Å²) in [6.45, 7) is 12.5. The third-order valence-corrected chi connectivity index (χ3v) is 6.57. The van der Waals surface area contributed by atoms with Gasteiger partial charge < -0.3 is 14.6 Å². The lowest BCUT2D eigenvalue weighted by atomic mass is 10.0. The minimum Gasteiger partial charge on any atom is -0.493 e. The van der Waals surface area contributed by atoms with E-state index < -0.39 is 0 Å². The molecule has 5 nitrogen and oxygen atoms in total. The highest BCUT2D eigenvalue weighted by Gasteiger charge is 2.13. The normalized spacial score (nSPS) is 11.3. The van der Waals surface area contributed by atoms with Crippen molar-refractivity contribution in [2.24, 2.45) is 0 Å². The van der Waals surface area contributed by atoms with Gasteiger partial charge in [-0.3, -0.25) is 4.79 Å². The van der Waals surface area contributed by atoms with Gasteiger partial charge in [-0.25, -0.2) is 4.98 Å². The molecular weight excluding hydrogens is 446 g/mol. The molecule has 0 unspecified atom stereocenters. The van der Waals surface area contributed by atoms with Gasteiger partial charge >= 0.3 is 0 Å². The van der Waals surface area contributed by atoms with Gasteiger partial charge in [0.25, 0.3) is 5.91 Å². The summed E-state index contributed by atoms with van der Waals surface area (Å²) >= 11 is 0. The molecule has 0 aliphatic heterocycles. The van der Waals surface area contributed by atoms with E-state index in [-0.39, 0.29) is 5.91 Å². The maximum Gasteiger partial charge on any atom is 0.251 e. The van der Waals surface area contributed by atoms with Crippen LogP contribution in [0.3, 0.4) is 0 Å². The van der Waals surface area contributed by atoms with Gasteiger partial charge in [-0.1, -0.05) is 55.8 Å². The van der Waals surface area contributed by atoms with Crippen LogP contribution in [0.1, 0.15) is 64.6 Å². The lowest BCUT2D eigenvalue weighted by Gasteiger charge is -2.15. The Balaban J connectivity index is 1.40. The molecule has 5 heteroatoms. The summed E-state index contributed by atoms with van der Waals surface area (Å²) in [7, 11) is 0. The van der Waals surface area contributed by atoms with Crippen molar-refractivity contribution in [3.8, 4) is 5.75 Å². The summed E-state index contributed by atoms with van der Waals surface area (Å²) in [5.41, 5.74) is 7.43. The van der Waals surface area contributed by atoms with Crippen LogP contribution in [0.2, 0.25) is 0 Å². The number of fused-ring (bicyclic) bond motifs is 1. The Hall–Kier alpha value is -3.60. The van der Waals surface area contributed by atoms with E-state index in [0.717, 1.165) is 52.3 Å². The summed E-state index contributed by atoms with van der Waals surface area (Å²) in [6.07, 6.45) is 1.54. The first-order valence-electron chi connectivity index (χ1n) is 12.9. The second kappa shape index (κ2) is 11.4. The van der Waals surface area contributed by atoms with E-state index in [1.807, 2.05) is 50.2 Å². The van der Waals surface area contributed by atoms with Crippen LogP contribution in [0.5, 0.6) is 5.75 Å². The Labute approximate surface area is 214 Å². The number of para-hydroxylation sites is 2. The predicted octanol–water partition coefficient (Wildman–Crippen LogP) is 6.53.